The molecular weight excluding hydrogens is 362 g/mol. The molecule has 0 radical (unpaired) electrons. The minimum atomic E-state index is -0.107. The van der Waals surface area contributed by atoms with Crippen LogP contribution >= 0.6 is 11.3 Å². The predicted molar refractivity (Wildman–Crippen MR) is 106 cm³/mol. The molecule has 0 bridgehead atoms. The average Bonchev–Trinajstić information content (AvgIpc) is 3.36. The molecule has 0 fully saturated rings. The second kappa shape index (κ2) is 9.09. The maximum atomic E-state index is 12.2. The minimum Gasteiger partial charge on any atom is -0.352 e. The Morgan fingerprint density at radius 1 is 1.26 bits per heavy atom. The van der Waals surface area contributed by atoms with Gasteiger partial charge in [0.25, 0.3) is 5.91 Å². The summed E-state index contributed by atoms with van der Waals surface area (Å²) >= 11 is 1.48. The number of hydrogen-bond acceptors (Lipinski definition) is 5. The Balaban J connectivity index is 1.48. The summed E-state index contributed by atoms with van der Waals surface area (Å²) in [5, 5.41) is 17.4. The van der Waals surface area contributed by atoms with Crippen LogP contribution in [-0.4, -0.2) is 33.1 Å². The number of aryl methyl sites for hydroxylation is 1. The standard InChI is InChI=1S/C19H21N5O2S/c1-2-24-13-21-23-18(24)14-5-3-6-16(11-14)22-17(25)7-4-9-20-19(26)15-8-10-27-12-15/h3,5-6,8,10-13H,2,4,7,9H2,1H3,(H,20,26)(H,22,25). The van der Waals surface area contributed by atoms with E-state index >= 15 is 0 Å². The lowest BCUT2D eigenvalue weighted by molar-refractivity contribution is -0.116. The first-order valence-corrected chi connectivity index (χ1v) is 9.70. The number of rotatable bonds is 8. The first-order chi connectivity index (χ1) is 13.2. The molecule has 140 valence electrons. The number of benzene rings is 1. The zero-order valence-electron chi connectivity index (χ0n) is 15.0. The van der Waals surface area contributed by atoms with Crippen LogP contribution in [0.5, 0.6) is 0 Å². The van der Waals surface area contributed by atoms with Crippen molar-refractivity contribution >= 4 is 28.8 Å². The molecule has 0 saturated carbocycles. The highest BCUT2D eigenvalue weighted by atomic mass is 32.1. The fourth-order valence-electron chi connectivity index (χ4n) is 2.62. The highest BCUT2D eigenvalue weighted by molar-refractivity contribution is 7.08. The Labute approximate surface area is 161 Å². The summed E-state index contributed by atoms with van der Waals surface area (Å²) in [5.74, 6) is 0.572. The molecule has 0 spiro atoms. The number of nitrogens with one attached hydrogen (secondary N) is 2. The van der Waals surface area contributed by atoms with Crippen LogP contribution in [0.3, 0.4) is 0 Å². The zero-order valence-corrected chi connectivity index (χ0v) is 15.8. The van der Waals surface area contributed by atoms with Gasteiger partial charge in [0.1, 0.15) is 6.33 Å². The van der Waals surface area contributed by atoms with Crippen molar-refractivity contribution in [1.29, 1.82) is 0 Å². The van der Waals surface area contributed by atoms with Gasteiger partial charge in [-0.15, -0.1) is 10.2 Å². The maximum Gasteiger partial charge on any atom is 0.252 e. The lowest BCUT2D eigenvalue weighted by Crippen LogP contribution is -2.25. The molecule has 2 amide bonds. The molecule has 0 atom stereocenters. The van der Waals surface area contributed by atoms with Gasteiger partial charge in [0.2, 0.25) is 5.91 Å². The molecule has 0 aliphatic rings. The van der Waals surface area contributed by atoms with Gasteiger partial charge < -0.3 is 15.2 Å². The minimum absolute atomic E-state index is 0.0890. The SMILES string of the molecule is CCn1cnnc1-c1cccc(NC(=O)CCCNC(=O)c2ccsc2)c1. The Kier molecular flexibility index (Phi) is 6.32. The molecule has 3 rings (SSSR count). The number of nitrogens with zero attached hydrogens (tertiary/aromatic N) is 3. The van der Waals surface area contributed by atoms with E-state index in [1.807, 2.05) is 41.1 Å². The fraction of sp³-hybridized carbons (Fsp3) is 0.263. The summed E-state index contributed by atoms with van der Waals surface area (Å²) in [7, 11) is 0. The van der Waals surface area contributed by atoms with Crippen molar-refractivity contribution in [2.75, 3.05) is 11.9 Å². The lowest BCUT2D eigenvalue weighted by atomic mass is 10.2. The topological polar surface area (TPSA) is 88.9 Å². The van der Waals surface area contributed by atoms with E-state index in [0.717, 1.165) is 17.9 Å². The van der Waals surface area contributed by atoms with Crippen LogP contribution in [0, 0.1) is 0 Å². The average molecular weight is 383 g/mol. The molecule has 2 aromatic heterocycles. The van der Waals surface area contributed by atoms with E-state index in [1.54, 1.807) is 17.8 Å². The second-order valence-corrected chi connectivity index (χ2v) is 6.72. The zero-order chi connectivity index (χ0) is 19.1. The largest absolute Gasteiger partial charge is 0.352 e. The third-order valence-corrected chi connectivity index (χ3v) is 4.69. The summed E-state index contributed by atoms with van der Waals surface area (Å²) in [6, 6.07) is 9.31. The quantitative estimate of drug-likeness (QED) is 0.585. The van der Waals surface area contributed by atoms with Crippen molar-refractivity contribution in [3.8, 4) is 11.4 Å². The predicted octanol–water partition coefficient (Wildman–Crippen LogP) is 3.18. The van der Waals surface area contributed by atoms with E-state index in [4.69, 9.17) is 0 Å². The summed E-state index contributed by atoms with van der Waals surface area (Å²) in [4.78, 5) is 24.0. The molecule has 2 N–H and O–H groups in total. The van der Waals surface area contributed by atoms with E-state index in [1.165, 1.54) is 11.3 Å². The Bertz CT molecular complexity index is 904. The van der Waals surface area contributed by atoms with Gasteiger partial charge in [0, 0.05) is 41.7 Å². The van der Waals surface area contributed by atoms with Gasteiger partial charge in [-0.2, -0.15) is 11.3 Å². The van der Waals surface area contributed by atoms with Crippen LogP contribution in [0.25, 0.3) is 11.4 Å². The van der Waals surface area contributed by atoms with Crippen molar-refractivity contribution < 1.29 is 9.59 Å². The van der Waals surface area contributed by atoms with Gasteiger partial charge in [0.05, 0.1) is 0 Å². The van der Waals surface area contributed by atoms with Gasteiger partial charge in [-0.1, -0.05) is 12.1 Å². The van der Waals surface area contributed by atoms with Gasteiger partial charge in [-0.25, -0.2) is 0 Å². The molecule has 7 nitrogen and oxygen atoms in total. The highest BCUT2D eigenvalue weighted by Crippen LogP contribution is 2.20. The molecule has 0 saturated heterocycles. The van der Waals surface area contributed by atoms with Crippen LogP contribution in [0.4, 0.5) is 5.69 Å². The van der Waals surface area contributed by atoms with Crippen LogP contribution in [0.15, 0.2) is 47.4 Å². The number of hydrogen-bond donors (Lipinski definition) is 2. The Morgan fingerprint density at radius 2 is 2.15 bits per heavy atom. The van der Waals surface area contributed by atoms with Crippen molar-refractivity contribution in [2.24, 2.45) is 0 Å². The number of thiophene rings is 1. The normalized spacial score (nSPS) is 10.6. The molecule has 27 heavy (non-hydrogen) atoms. The maximum absolute atomic E-state index is 12.2. The fourth-order valence-corrected chi connectivity index (χ4v) is 3.25. The third kappa shape index (κ3) is 5.01. The third-order valence-electron chi connectivity index (χ3n) is 4.01. The summed E-state index contributed by atoms with van der Waals surface area (Å²) in [6.07, 6.45) is 2.59. The summed E-state index contributed by atoms with van der Waals surface area (Å²) in [6.45, 7) is 3.26. The van der Waals surface area contributed by atoms with E-state index in [2.05, 4.69) is 20.8 Å². The van der Waals surface area contributed by atoms with Crippen LogP contribution in [0.2, 0.25) is 0 Å². The van der Waals surface area contributed by atoms with Gasteiger partial charge in [-0.05, 0) is 36.9 Å². The van der Waals surface area contributed by atoms with Crippen molar-refractivity contribution in [3.05, 3.63) is 53.0 Å². The number of carbonyl (C=O) groups is 2. The van der Waals surface area contributed by atoms with Crippen molar-refractivity contribution in [2.45, 2.75) is 26.3 Å². The first kappa shape index (κ1) is 18.8. The van der Waals surface area contributed by atoms with E-state index in [0.29, 0.717) is 30.6 Å². The second-order valence-electron chi connectivity index (χ2n) is 5.94. The molecule has 0 aliphatic carbocycles. The molecule has 8 heteroatoms. The van der Waals surface area contributed by atoms with Gasteiger partial charge in [0.15, 0.2) is 5.82 Å². The molecule has 0 aliphatic heterocycles. The molecule has 1 aromatic carbocycles. The Morgan fingerprint density at radius 3 is 2.93 bits per heavy atom. The summed E-state index contributed by atoms with van der Waals surface area (Å²) in [5.41, 5.74) is 2.27. The van der Waals surface area contributed by atoms with Crippen LogP contribution < -0.4 is 10.6 Å². The number of amides is 2. The Hall–Kier alpha value is -3.00. The van der Waals surface area contributed by atoms with Crippen LogP contribution in [-0.2, 0) is 11.3 Å². The number of aromatic nitrogens is 3. The smallest absolute Gasteiger partial charge is 0.252 e. The van der Waals surface area contributed by atoms with E-state index in [-0.39, 0.29) is 11.8 Å². The van der Waals surface area contributed by atoms with Crippen molar-refractivity contribution in [3.63, 3.8) is 0 Å². The van der Waals surface area contributed by atoms with Gasteiger partial charge in [-0.3, -0.25) is 9.59 Å². The number of carbonyl (C=O) groups excluding carboxylic acids is 2. The van der Waals surface area contributed by atoms with Crippen molar-refractivity contribution in [1.82, 2.24) is 20.1 Å². The van der Waals surface area contributed by atoms with Crippen LogP contribution in [0.1, 0.15) is 30.1 Å². The van der Waals surface area contributed by atoms with E-state index < -0.39 is 0 Å². The van der Waals surface area contributed by atoms with Gasteiger partial charge >= 0.3 is 0 Å². The first-order valence-electron chi connectivity index (χ1n) is 8.76. The molecule has 0 unspecified atom stereocenters. The van der Waals surface area contributed by atoms with E-state index in [9.17, 15) is 9.59 Å². The molecule has 3 aromatic rings. The lowest BCUT2D eigenvalue weighted by Gasteiger charge is -2.08. The monoisotopic (exact) mass is 383 g/mol. The molecule has 2 heterocycles. The highest BCUT2D eigenvalue weighted by Gasteiger charge is 2.09. The summed E-state index contributed by atoms with van der Waals surface area (Å²) < 4.78 is 1.94. The number of anilines is 1. The molecular formula is C19H21N5O2S.